The molecule has 0 saturated carbocycles. The van der Waals surface area contributed by atoms with Gasteiger partial charge in [0, 0.05) is 12.8 Å². The van der Waals surface area contributed by atoms with E-state index in [4.69, 9.17) is 9.47 Å². The summed E-state index contributed by atoms with van der Waals surface area (Å²) in [7, 11) is 0. The van der Waals surface area contributed by atoms with Gasteiger partial charge in [0.25, 0.3) is 0 Å². The zero-order valence-electron chi connectivity index (χ0n) is 13.4. The van der Waals surface area contributed by atoms with E-state index < -0.39 is 0 Å². The minimum absolute atomic E-state index is 0.149. The average molecular weight is 306 g/mol. The van der Waals surface area contributed by atoms with Gasteiger partial charge in [0.1, 0.15) is 0 Å². The molecule has 0 saturated heterocycles. The SMILES string of the molecule is CCOC(=O)CCCCCC(=O)OCCCc1ccccc1. The Kier molecular flexibility index (Phi) is 9.75. The van der Waals surface area contributed by atoms with Gasteiger partial charge in [-0.3, -0.25) is 9.59 Å². The van der Waals surface area contributed by atoms with Gasteiger partial charge < -0.3 is 9.47 Å². The zero-order valence-corrected chi connectivity index (χ0v) is 13.4. The van der Waals surface area contributed by atoms with E-state index in [2.05, 4.69) is 12.1 Å². The highest BCUT2D eigenvalue weighted by atomic mass is 16.5. The molecule has 122 valence electrons. The monoisotopic (exact) mass is 306 g/mol. The molecule has 0 unspecified atom stereocenters. The summed E-state index contributed by atoms with van der Waals surface area (Å²) in [5.41, 5.74) is 1.26. The fourth-order valence-electron chi connectivity index (χ4n) is 2.13. The molecule has 0 bridgehead atoms. The van der Waals surface area contributed by atoms with Crippen molar-refractivity contribution in [3.63, 3.8) is 0 Å². The minimum atomic E-state index is -0.161. The highest BCUT2D eigenvalue weighted by molar-refractivity contribution is 5.69. The minimum Gasteiger partial charge on any atom is -0.466 e. The molecule has 0 spiro atoms. The number of aryl methyl sites for hydroxylation is 1. The van der Waals surface area contributed by atoms with E-state index in [-0.39, 0.29) is 11.9 Å². The van der Waals surface area contributed by atoms with Gasteiger partial charge in [0.05, 0.1) is 13.2 Å². The normalized spacial score (nSPS) is 10.2. The molecule has 0 N–H and O–H groups in total. The van der Waals surface area contributed by atoms with Crippen molar-refractivity contribution in [2.45, 2.75) is 51.9 Å². The Morgan fingerprint density at radius 3 is 2.14 bits per heavy atom. The summed E-state index contributed by atoms with van der Waals surface area (Å²) in [4.78, 5) is 22.7. The van der Waals surface area contributed by atoms with E-state index >= 15 is 0 Å². The number of rotatable bonds is 11. The maximum atomic E-state index is 11.5. The lowest BCUT2D eigenvalue weighted by Crippen LogP contribution is -2.07. The van der Waals surface area contributed by atoms with Crippen LogP contribution < -0.4 is 0 Å². The first kappa shape index (κ1) is 18.2. The number of carbonyl (C=O) groups excluding carboxylic acids is 2. The maximum Gasteiger partial charge on any atom is 0.305 e. The van der Waals surface area contributed by atoms with Crippen LogP contribution in [-0.4, -0.2) is 25.2 Å². The summed E-state index contributed by atoms with van der Waals surface area (Å²) in [6.07, 6.45) is 5.00. The molecule has 4 nitrogen and oxygen atoms in total. The third-order valence-electron chi connectivity index (χ3n) is 3.28. The third-order valence-corrected chi connectivity index (χ3v) is 3.28. The Balaban J connectivity index is 1.94. The molecule has 1 aromatic carbocycles. The first-order valence-electron chi connectivity index (χ1n) is 8.07. The lowest BCUT2D eigenvalue weighted by Gasteiger charge is -2.05. The predicted octanol–water partition coefficient (Wildman–Crippen LogP) is 3.68. The van der Waals surface area contributed by atoms with Gasteiger partial charge in [-0.15, -0.1) is 0 Å². The van der Waals surface area contributed by atoms with Crippen molar-refractivity contribution in [3.05, 3.63) is 35.9 Å². The molecule has 0 atom stereocenters. The number of benzene rings is 1. The number of unbranched alkanes of at least 4 members (excludes halogenated alkanes) is 2. The molecule has 1 aromatic rings. The van der Waals surface area contributed by atoms with Gasteiger partial charge in [-0.25, -0.2) is 0 Å². The third kappa shape index (κ3) is 9.16. The van der Waals surface area contributed by atoms with Gasteiger partial charge in [0.2, 0.25) is 0 Å². The van der Waals surface area contributed by atoms with Crippen LogP contribution in [0.15, 0.2) is 30.3 Å². The van der Waals surface area contributed by atoms with Crippen molar-refractivity contribution in [2.75, 3.05) is 13.2 Å². The van der Waals surface area contributed by atoms with Crippen LogP contribution >= 0.6 is 0 Å². The molecule has 0 aliphatic heterocycles. The summed E-state index contributed by atoms with van der Waals surface area (Å²) >= 11 is 0. The van der Waals surface area contributed by atoms with E-state index in [9.17, 15) is 9.59 Å². The molecule has 1 rings (SSSR count). The van der Waals surface area contributed by atoms with Crippen LogP contribution in [-0.2, 0) is 25.5 Å². The second-order valence-corrected chi connectivity index (χ2v) is 5.18. The molecular weight excluding hydrogens is 280 g/mol. The average Bonchev–Trinajstić information content (AvgIpc) is 2.52. The van der Waals surface area contributed by atoms with Crippen molar-refractivity contribution in [1.29, 1.82) is 0 Å². The number of ether oxygens (including phenoxy) is 2. The highest BCUT2D eigenvalue weighted by Crippen LogP contribution is 2.06. The summed E-state index contributed by atoms with van der Waals surface area (Å²) in [5.74, 6) is -0.310. The second kappa shape index (κ2) is 11.8. The van der Waals surface area contributed by atoms with Gasteiger partial charge >= 0.3 is 11.9 Å². The standard InChI is InChI=1S/C18H26O4/c1-2-21-17(19)13-7-4-8-14-18(20)22-15-9-12-16-10-5-3-6-11-16/h3,5-6,10-11H,2,4,7-9,12-15H2,1H3. The van der Waals surface area contributed by atoms with Crippen molar-refractivity contribution in [3.8, 4) is 0 Å². The molecule has 0 aliphatic carbocycles. The Hall–Kier alpha value is -1.84. The van der Waals surface area contributed by atoms with Crippen LogP contribution in [0.3, 0.4) is 0 Å². The molecule has 0 fully saturated rings. The van der Waals surface area contributed by atoms with E-state index in [0.29, 0.717) is 26.1 Å². The van der Waals surface area contributed by atoms with Crippen molar-refractivity contribution >= 4 is 11.9 Å². The molecule has 0 radical (unpaired) electrons. The summed E-state index contributed by atoms with van der Waals surface area (Å²) in [5, 5.41) is 0. The largest absolute Gasteiger partial charge is 0.466 e. The van der Waals surface area contributed by atoms with Crippen molar-refractivity contribution < 1.29 is 19.1 Å². The molecule has 0 aliphatic rings. The number of carbonyl (C=O) groups is 2. The van der Waals surface area contributed by atoms with Gasteiger partial charge in [-0.2, -0.15) is 0 Å². The Morgan fingerprint density at radius 2 is 1.50 bits per heavy atom. The zero-order chi connectivity index (χ0) is 16.0. The number of esters is 2. The van der Waals surface area contributed by atoms with Crippen LogP contribution in [0.1, 0.15) is 51.0 Å². The summed E-state index contributed by atoms with van der Waals surface area (Å²) < 4.78 is 10.0. The summed E-state index contributed by atoms with van der Waals surface area (Å²) in [6.45, 7) is 2.69. The van der Waals surface area contributed by atoms with Crippen LogP contribution in [0.2, 0.25) is 0 Å². The van der Waals surface area contributed by atoms with E-state index in [1.54, 1.807) is 6.92 Å². The lowest BCUT2D eigenvalue weighted by molar-refractivity contribution is -0.144. The van der Waals surface area contributed by atoms with Crippen LogP contribution in [0.25, 0.3) is 0 Å². The fraction of sp³-hybridized carbons (Fsp3) is 0.556. The number of hydrogen-bond donors (Lipinski definition) is 0. The maximum absolute atomic E-state index is 11.5. The topological polar surface area (TPSA) is 52.6 Å². The predicted molar refractivity (Wildman–Crippen MR) is 85.4 cm³/mol. The van der Waals surface area contributed by atoms with E-state index in [1.807, 2.05) is 18.2 Å². The van der Waals surface area contributed by atoms with Crippen LogP contribution in [0.4, 0.5) is 0 Å². The van der Waals surface area contributed by atoms with E-state index in [0.717, 1.165) is 32.1 Å². The summed E-state index contributed by atoms with van der Waals surface area (Å²) in [6, 6.07) is 10.2. The molecule has 0 heterocycles. The van der Waals surface area contributed by atoms with Gasteiger partial charge in [-0.05, 0) is 38.2 Å². The second-order valence-electron chi connectivity index (χ2n) is 5.18. The number of hydrogen-bond acceptors (Lipinski definition) is 4. The first-order valence-corrected chi connectivity index (χ1v) is 8.07. The molecule has 0 aromatic heterocycles. The quantitative estimate of drug-likeness (QED) is 0.462. The van der Waals surface area contributed by atoms with E-state index in [1.165, 1.54) is 5.56 Å². The smallest absolute Gasteiger partial charge is 0.305 e. The Labute approximate surface area is 132 Å². The highest BCUT2D eigenvalue weighted by Gasteiger charge is 2.04. The van der Waals surface area contributed by atoms with Crippen molar-refractivity contribution in [2.24, 2.45) is 0 Å². The molecule has 22 heavy (non-hydrogen) atoms. The van der Waals surface area contributed by atoms with Crippen LogP contribution in [0, 0.1) is 0 Å². The fourth-order valence-corrected chi connectivity index (χ4v) is 2.13. The van der Waals surface area contributed by atoms with Gasteiger partial charge in [-0.1, -0.05) is 36.8 Å². The molecule has 4 heteroatoms. The van der Waals surface area contributed by atoms with Crippen LogP contribution in [0.5, 0.6) is 0 Å². The molecular formula is C18H26O4. The Morgan fingerprint density at radius 1 is 0.864 bits per heavy atom. The van der Waals surface area contributed by atoms with Crippen molar-refractivity contribution in [1.82, 2.24) is 0 Å². The van der Waals surface area contributed by atoms with Gasteiger partial charge in [0.15, 0.2) is 0 Å². The lowest BCUT2D eigenvalue weighted by atomic mass is 10.1. The Bertz CT molecular complexity index is 428. The molecule has 0 amide bonds. The first-order chi connectivity index (χ1) is 10.7.